The summed E-state index contributed by atoms with van der Waals surface area (Å²) in [6.45, 7) is 1.85. The summed E-state index contributed by atoms with van der Waals surface area (Å²) in [6.07, 6.45) is 0. The van der Waals surface area contributed by atoms with Crippen molar-refractivity contribution in [2.45, 2.75) is 12.8 Å². The summed E-state index contributed by atoms with van der Waals surface area (Å²) < 4.78 is 10.1. The number of esters is 1. The monoisotopic (exact) mass is 370 g/mol. The molecular formula is C20H22N2O5. The Hall–Kier alpha value is -3.35. The molecule has 2 amide bonds. The van der Waals surface area contributed by atoms with Gasteiger partial charge in [-0.3, -0.25) is 9.59 Å². The van der Waals surface area contributed by atoms with Crippen LogP contribution in [-0.4, -0.2) is 37.5 Å². The van der Waals surface area contributed by atoms with Gasteiger partial charge in [-0.2, -0.15) is 0 Å². The Bertz CT molecular complexity index is 775. The number of primary amides is 1. The van der Waals surface area contributed by atoms with Crippen molar-refractivity contribution < 1.29 is 23.9 Å². The summed E-state index contributed by atoms with van der Waals surface area (Å²) in [6, 6.07) is 15.8. The van der Waals surface area contributed by atoms with Gasteiger partial charge >= 0.3 is 5.97 Å². The Morgan fingerprint density at radius 3 is 2.30 bits per heavy atom. The predicted octanol–water partition coefficient (Wildman–Crippen LogP) is 1.63. The topological polar surface area (TPSA) is 108 Å². The van der Waals surface area contributed by atoms with Crippen molar-refractivity contribution in [3.63, 3.8) is 0 Å². The van der Waals surface area contributed by atoms with Crippen molar-refractivity contribution in [3.8, 4) is 5.75 Å². The number of nitrogens with one attached hydrogen (secondary N) is 1. The molecule has 0 spiro atoms. The summed E-state index contributed by atoms with van der Waals surface area (Å²) in [7, 11) is 0. The van der Waals surface area contributed by atoms with Gasteiger partial charge in [0, 0.05) is 6.54 Å². The van der Waals surface area contributed by atoms with Crippen LogP contribution in [0.25, 0.3) is 0 Å². The van der Waals surface area contributed by atoms with Crippen LogP contribution in [0, 0.1) is 0 Å². The SMILES string of the molecule is C[C@H](CNC(=O)COC(=O)c1ccc(OCC(N)=O)cc1)c1ccccc1. The second-order valence-electron chi connectivity index (χ2n) is 5.97. The third-order valence-corrected chi connectivity index (χ3v) is 3.78. The second kappa shape index (κ2) is 9.96. The van der Waals surface area contributed by atoms with Crippen molar-refractivity contribution in [2.24, 2.45) is 5.73 Å². The molecule has 1 atom stereocenters. The Kier molecular flexibility index (Phi) is 7.37. The number of amides is 2. The molecule has 0 aliphatic carbocycles. The third kappa shape index (κ3) is 6.81. The van der Waals surface area contributed by atoms with Gasteiger partial charge in [0.1, 0.15) is 5.75 Å². The van der Waals surface area contributed by atoms with E-state index in [2.05, 4.69) is 5.32 Å². The number of benzene rings is 2. The number of nitrogens with two attached hydrogens (primary N) is 1. The largest absolute Gasteiger partial charge is 0.484 e. The lowest BCUT2D eigenvalue weighted by Gasteiger charge is -2.13. The fourth-order valence-electron chi connectivity index (χ4n) is 2.27. The molecule has 0 bridgehead atoms. The maximum atomic E-state index is 12.0. The summed E-state index contributed by atoms with van der Waals surface area (Å²) in [5.41, 5.74) is 6.38. The van der Waals surface area contributed by atoms with E-state index in [4.69, 9.17) is 15.2 Å². The average molecular weight is 370 g/mol. The van der Waals surface area contributed by atoms with Gasteiger partial charge in [0.2, 0.25) is 0 Å². The number of carbonyl (C=O) groups excluding carboxylic acids is 3. The molecule has 7 heteroatoms. The molecule has 0 fully saturated rings. The fourth-order valence-corrected chi connectivity index (χ4v) is 2.27. The van der Waals surface area contributed by atoms with Crippen LogP contribution in [0.15, 0.2) is 54.6 Å². The van der Waals surface area contributed by atoms with Crippen LogP contribution in [0.3, 0.4) is 0 Å². The van der Waals surface area contributed by atoms with Crippen LogP contribution in [0.4, 0.5) is 0 Å². The number of carbonyl (C=O) groups is 3. The van der Waals surface area contributed by atoms with Gasteiger partial charge in [0.25, 0.3) is 11.8 Å². The zero-order valence-corrected chi connectivity index (χ0v) is 15.0. The molecule has 0 unspecified atom stereocenters. The Balaban J connectivity index is 1.74. The number of hydrogen-bond donors (Lipinski definition) is 2. The molecule has 0 aromatic heterocycles. The van der Waals surface area contributed by atoms with E-state index in [1.54, 1.807) is 0 Å². The zero-order chi connectivity index (χ0) is 19.6. The van der Waals surface area contributed by atoms with E-state index in [9.17, 15) is 14.4 Å². The molecule has 0 aliphatic heterocycles. The Morgan fingerprint density at radius 1 is 1.00 bits per heavy atom. The Morgan fingerprint density at radius 2 is 1.67 bits per heavy atom. The van der Waals surface area contributed by atoms with Gasteiger partial charge in [0.05, 0.1) is 5.56 Å². The van der Waals surface area contributed by atoms with Gasteiger partial charge < -0.3 is 20.5 Å². The molecule has 0 radical (unpaired) electrons. The van der Waals surface area contributed by atoms with Gasteiger partial charge in [-0.1, -0.05) is 37.3 Å². The number of hydrogen-bond acceptors (Lipinski definition) is 5. The van der Waals surface area contributed by atoms with Crippen LogP contribution >= 0.6 is 0 Å². The minimum absolute atomic E-state index is 0.152. The van der Waals surface area contributed by atoms with Crippen molar-refractivity contribution in [3.05, 3.63) is 65.7 Å². The van der Waals surface area contributed by atoms with Crippen molar-refractivity contribution in [2.75, 3.05) is 19.8 Å². The van der Waals surface area contributed by atoms with E-state index >= 15 is 0 Å². The highest BCUT2D eigenvalue weighted by atomic mass is 16.5. The first-order valence-electron chi connectivity index (χ1n) is 8.45. The molecule has 0 heterocycles. The van der Waals surface area contributed by atoms with E-state index in [-0.39, 0.29) is 30.6 Å². The highest BCUT2D eigenvalue weighted by Gasteiger charge is 2.12. The van der Waals surface area contributed by atoms with E-state index in [0.29, 0.717) is 12.3 Å². The summed E-state index contributed by atoms with van der Waals surface area (Å²) in [4.78, 5) is 34.5. The number of ether oxygens (including phenoxy) is 2. The average Bonchev–Trinajstić information content (AvgIpc) is 2.69. The van der Waals surface area contributed by atoms with Crippen LogP contribution in [0.1, 0.15) is 28.8 Å². The van der Waals surface area contributed by atoms with Gasteiger partial charge in [-0.25, -0.2) is 4.79 Å². The predicted molar refractivity (Wildman–Crippen MR) is 99.3 cm³/mol. The second-order valence-corrected chi connectivity index (χ2v) is 5.97. The van der Waals surface area contributed by atoms with Crippen molar-refractivity contribution >= 4 is 17.8 Å². The first-order chi connectivity index (χ1) is 13.0. The molecule has 142 valence electrons. The minimum atomic E-state index is -0.622. The van der Waals surface area contributed by atoms with Crippen LogP contribution in [0.2, 0.25) is 0 Å². The highest BCUT2D eigenvalue weighted by Crippen LogP contribution is 2.14. The molecule has 0 saturated carbocycles. The van der Waals surface area contributed by atoms with E-state index < -0.39 is 11.9 Å². The quantitative estimate of drug-likeness (QED) is 0.652. The molecule has 7 nitrogen and oxygen atoms in total. The van der Waals surface area contributed by atoms with Crippen LogP contribution in [-0.2, 0) is 14.3 Å². The molecule has 0 saturated heterocycles. The van der Waals surface area contributed by atoms with Crippen LogP contribution < -0.4 is 15.8 Å². The first-order valence-corrected chi connectivity index (χ1v) is 8.45. The maximum Gasteiger partial charge on any atom is 0.338 e. The maximum absolute atomic E-state index is 12.0. The van der Waals surface area contributed by atoms with Gasteiger partial charge in [-0.05, 0) is 35.7 Å². The first kappa shape index (κ1) is 20.0. The van der Waals surface area contributed by atoms with Crippen LogP contribution in [0.5, 0.6) is 5.75 Å². The van der Waals surface area contributed by atoms with Crippen molar-refractivity contribution in [1.29, 1.82) is 0 Å². The smallest absolute Gasteiger partial charge is 0.338 e. The lowest BCUT2D eigenvalue weighted by molar-refractivity contribution is -0.124. The normalized spacial score (nSPS) is 11.3. The molecule has 3 N–H and O–H groups in total. The molecular weight excluding hydrogens is 348 g/mol. The fraction of sp³-hybridized carbons (Fsp3) is 0.250. The minimum Gasteiger partial charge on any atom is -0.484 e. The van der Waals surface area contributed by atoms with E-state index in [0.717, 1.165) is 5.56 Å². The van der Waals surface area contributed by atoms with Crippen molar-refractivity contribution in [1.82, 2.24) is 5.32 Å². The molecule has 0 aliphatic rings. The summed E-state index contributed by atoms with van der Waals surface area (Å²) in [5, 5.41) is 2.74. The van der Waals surface area contributed by atoms with Gasteiger partial charge in [0.15, 0.2) is 13.2 Å². The molecule has 27 heavy (non-hydrogen) atoms. The standard InChI is InChI=1S/C20H22N2O5/c1-14(15-5-3-2-4-6-15)11-22-19(24)13-27-20(25)16-7-9-17(10-8-16)26-12-18(21)23/h2-10,14H,11-13H2,1H3,(H2,21,23)(H,22,24)/t14-/m1/s1. The lowest BCUT2D eigenvalue weighted by atomic mass is 10.0. The molecule has 2 rings (SSSR count). The highest BCUT2D eigenvalue weighted by molar-refractivity contribution is 5.91. The number of rotatable bonds is 9. The third-order valence-electron chi connectivity index (χ3n) is 3.78. The summed E-state index contributed by atoms with van der Waals surface area (Å²) >= 11 is 0. The van der Waals surface area contributed by atoms with E-state index in [1.165, 1.54) is 24.3 Å². The zero-order valence-electron chi connectivity index (χ0n) is 15.0. The summed E-state index contributed by atoms with van der Waals surface area (Å²) in [5.74, 6) is -1.03. The Labute approximate surface area is 157 Å². The molecule has 2 aromatic rings. The van der Waals surface area contributed by atoms with E-state index in [1.807, 2.05) is 37.3 Å². The van der Waals surface area contributed by atoms with Gasteiger partial charge in [-0.15, -0.1) is 0 Å². The molecule has 2 aromatic carbocycles. The lowest BCUT2D eigenvalue weighted by Crippen LogP contribution is -2.31.